The van der Waals surface area contributed by atoms with E-state index in [4.69, 9.17) is 10.2 Å². The summed E-state index contributed by atoms with van der Waals surface area (Å²) < 4.78 is 0. The van der Waals surface area contributed by atoms with Crippen LogP contribution in [0.25, 0.3) is 0 Å². The average Bonchev–Trinajstić information content (AvgIpc) is 1.68. The van der Waals surface area contributed by atoms with Crippen LogP contribution in [0.4, 0.5) is 0 Å². The maximum Gasteiger partial charge on any atom is 0.0504 e. The van der Waals surface area contributed by atoms with E-state index in [2.05, 4.69) is 0 Å². The number of aliphatic hydroxyl groups excluding tert-OH is 2. The van der Waals surface area contributed by atoms with Crippen LogP contribution in [0.1, 0.15) is 13.8 Å². The lowest BCUT2D eigenvalue weighted by atomic mass is 9.97. The third kappa shape index (κ3) is 4.30. The third-order valence-corrected chi connectivity index (χ3v) is 0.856. The first-order valence-electron chi connectivity index (χ1n) is 2.34. The summed E-state index contributed by atoms with van der Waals surface area (Å²) in [5.41, 5.74) is -0.306. The molecule has 0 unspecified atom stereocenters. The minimum atomic E-state index is -0.306. The van der Waals surface area contributed by atoms with Crippen molar-refractivity contribution < 1.29 is 10.2 Å². The van der Waals surface area contributed by atoms with Crippen LogP contribution in [0.2, 0.25) is 0 Å². The van der Waals surface area contributed by atoms with Crippen molar-refractivity contribution in [1.82, 2.24) is 0 Å². The first-order valence-corrected chi connectivity index (χ1v) is 2.34. The molecule has 0 amide bonds. The molecule has 0 spiro atoms. The van der Waals surface area contributed by atoms with Crippen LogP contribution in [0.3, 0.4) is 0 Å². The zero-order chi connectivity index (χ0) is 5.91. The molecule has 52 valence electrons. The van der Waals surface area contributed by atoms with E-state index in [0.717, 1.165) is 0 Å². The van der Waals surface area contributed by atoms with Crippen LogP contribution >= 0.6 is 0 Å². The Kier molecular flexibility index (Phi) is 5.58. The van der Waals surface area contributed by atoms with E-state index in [-0.39, 0.29) is 29.6 Å². The molecule has 0 bridgehead atoms. The van der Waals surface area contributed by atoms with Gasteiger partial charge in [0.15, 0.2) is 0 Å². The highest BCUT2D eigenvalue weighted by atomic mass is 28.1. The predicted octanol–water partition coefficient (Wildman–Crippen LogP) is -1.45. The second-order valence-electron chi connectivity index (χ2n) is 2.48. The Morgan fingerprint density at radius 2 is 1.38 bits per heavy atom. The lowest BCUT2D eigenvalue weighted by Crippen LogP contribution is -2.20. The van der Waals surface area contributed by atoms with Crippen LogP contribution in [-0.4, -0.2) is 34.4 Å². The van der Waals surface area contributed by atoms with E-state index >= 15 is 0 Å². The molecule has 0 aromatic carbocycles. The van der Waals surface area contributed by atoms with Crippen LogP contribution in [-0.2, 0) is 0 Å². The van der Waals surface area contributed by atoms with E-state index < -0.39 is 0 Å². The molecule has 2 nitrogen and oxygen atoms in total. The van der Waals surface area contributed by atoms with Gasteiger partial charge in [-0.1, -0.05) is 13.8 Å². The zero-order valence-corrected chi connectivity index (χ0v) is 4.81. The molecule has 0 fully saturated rings. The smallest absolute Gasteiger partial charge is 0.0504 e. The van der Waals surface area contributed by atoms with Crippen molar-refractivity contribution in [2.24, 2.45) is 5.41 Å². The second kappa shape index (κ2) is 4.06. The highest BCUT2D eigenvalue weighted by molar-refractivity contribution is 5.75. The Balaban J connectivity index is 0. The van der Waals surface area contributed by atoms with Gasteiger partial charge in [-0.25, -0.2) is 0 Å². The van der Waals surface area contributed by atoms with Crippen molar-refractivity contribution in [1.29, 1.82) is 0 Å². The fourth-order valence-electron chi connectivity index (χ4n) is 0.0500. The molecule has 0 saturated heterocycles. The highest BCUT2D eigenvalue weighted by Crippen LogP contribution is 2.10. The molecule has 0 aliphatic rings. The van der Waals surface area contributed by atoms with Crippen LogP contribution < -0.4 is 0 Å². The van der Waals surface area contributed by atoms with E-state index in [9.17, 15) is 0 Å². The van der Waals surface area contributed by atoms with Gasteiger partial charge in [0.05, 0.1) is 13.2 Å². The summed E-state index contributed by atoms with van der Waals surface area (Å²) in [5.74, 6) is 0. The molecule has 0 radical (unpaired) electrons. The van der Waals surface area contributed by atoms with E-state index in [1.54, 1.807) is 13.8 Å². The minimum absolute atomic E-state index is 0. The van der Waals surface area contributed by atoms with Gasteiger partial charge >= 0.3 is 0 Å². The summed E-state index contributed by atoms with van der Waals surface area (Å²) in [6.07, 6.45) is 0. The van der Waals surface area contributed by atoms with Crippen molar-refractivity contribution in [2.75, 3.05) is 13.2 Å². The molecule has 8 heavy (non-hydrogen) atoms. The molecule has 0 aromatic rings. The first kappa shape index (κ1) is 11.0. The standard InChI is InChI=1S/C5H12O2.H4Si/c1-5(2,3-6)4-7;/h6-7H,3-4H2,1-2H3;1H4. The molecule has 0 aliphatic heterocycles. The summed E-state index contributed by atoms with van der Waals surface area (Å²) in [6, 6.07) is 0. The van der Waals surface area contributed by atoms with Gasteiger partial charge in [0, 0.05) is 5.41 Å². The van der Waals surface area contributed by atoms with Crippen molar-refractivity contribution in [3.05, 3.63) is 0 Å². The number of aliphatic hydroxyl groups is 2. The van der Waals surface area contributed by atoms with E-state index in [1.807, 2.05) is 0 Å². The van der Waals surface area contributed by atoms with Gasteiger partial charge in [0.25, 0.3) is 0 Å². The van der Waals surface area contributed by atoms with Crippen molar-refractivity contribution in [3.63, 3.8) is 0 Å². The fourth-order valence-corrected chi connectivity index (χ4v) is 0.0500. The Labute approximate surface area is 54.6 Å². The van der Waals surface area contributed by atoms with Gasteiger partial charge in [0.2, 0.25) is 0 Å². The summed E-state index contributed by atoms with van der Waals surface area (Å²) in [5, 5.41) is 16.9. The highest BCUT2D eigenvalue weighted by Gasteiger charge is 2.13. The lowest BCUT2D eigenvalue weighted by Gasteiger charge is -2.16. The van der Waals surface area contributed by atoms with E-state index in [1.165, 1.54) is 0 Å². The molecule has 0 aromatic heterocycles. The number of rotatable bonds is 2. The number of hydrogen-bond acceptors (Lipinski definition) is 2. The number of hydrogen-bond donors (Lipinski definition) is 2. The summed E-state index contributed by atoms with van der Waals surface area (Å²) in [4.78, 5) is 0. The van der Waals surface area contributed by atoms with Gasteiger partial charge in [-0.15, -0.1) is 0 Å². The topological polar surface area (TPSA) is 40.5 Å². The van der Waals surface area contributed by atoms with Crippen molar-refractivity contribution in [3.8, 4) is 0 Å². The molecule has 0 saturated carbocycles. The van der Waals surface area contributed by atoms with Gasteiger partial charge in [0.1, 0.15) is 0 Å². The summed E-state index contributed by atoms with van der Waals surface area (Å²) >= 11 is 0. The molecular formula is C5H16O2Si. The molecule has 0 atom stereocenters. The third-order valence-electron chi connectivity index (χ3n) is 0.856. The molecule has 3 heteroatoms. The SMILES string of the molecule is CC(C)(CO)CO.[SiH4]. The molecule has 0 rings (SSSR count). The first-order chi connectivity index (χ1) is 3.12. The normalized spacial score (nSPS) is 10.5. The maximum absolute atomic E-state index is 8.43. The summed E-state index contributed by atoms with van der Waals surface area (Å²) in [7, 11) is 0. The average molecular weight is 136 g/mol. The predicted molar refractivity (Wildman–Crippen MR) is 39.3 cm³/mol. The quantitative estimate of drug-likeness (QED) is 0.456. The van der Waals surface area contributed by atoms with Gasteiger partial charge in [-0.05, 0) is 11.0 Å². The van der Waals surface area contributed by atoms with Gasteiger partial charge in [-0.3, -0.25) is 0 Å². The van der Waals surface area contributed by atoms with Crippen LogP contribution in [0.5, 0.6) is 0 Å². The minimum Gasteiger partial charge on any atom is -0.396 e. The van der Waals surface area contributed by atoms with Gasteiger partial charge in [-0.2, -0.15) is 0 Å². The van der Waals surface area contributed by atoms with Crippen molar-refractivity contribution >= 4 is 11.0 Å². The fraction of sp³-hybridized carbons (Fsp3) is 1.00. The Morgan fingerprint density at radius 3 is 1.38 bits per heavy atom. The monoisotopic (exact) mass is 136 g/mol. The molecule has 0 heterocycles. The largest absolute Gasteiger partial charge is 0.396 e. The second-order valence-corrected chi connectivity index (χ2v) is 2.48. The summed E-state index contributed by atoms with van der Waals surface area (Å²) in [6.45, 7) is 3.69. The zero-order valence-electron chi connectivity index (χ0n) is 4.81. The Hall–Kier alpha value is 0.137. The van der Waals surface area contributed by atoms with Crippen LogP contribution in [0.15, 0.2) is 0 Å². The molecule has 0 aliphatic carbocycles. The maximum atomic E-state index is 8.43. The van der Waals surface area contributed by atoms with Crippen LogP contribution in [0, 0.1) is 5.41 Å². The molecule has 2 N–H and O–H groups in total. The van der Waals surface area contributed by atoms with Gasteiger partial charge < -0.3 is 10.2 Å². The van der Waals surface area contributed by atoms with Crippen molar-refractivity contribution in [2.45, 2.75) is 13.8 Å². The lowest BCUT2D eigenvalue weighted by molar-refractivity contribution is 0.0857. The molecular weight excluding hydrogens is 120 g/mol. The Bertz CT molecular complexity index is 48.4. The Morgan fingerprint density at radius 1 is 1.12 bits per heavy atom. The van der Waals surface area contributed by atoms with E-state index in [0.29, 0.717) is 0 Å².